The van der Waals surface area contributed by atoms with E-state index in [1.54, 1.807) is 0 Å². The quantitative estimate of drug-likeness (QED) is 0.587. The molecule has 0 saturated heterocycles. The van der Waals surface area contributed by atoms with Crippen LogP contribution in [0.2, 0.25) is 19.6 Å². The van der Waals surface area contributed by atoms with Crippen LogP contribution in [0, 0.1) is 0 Å². The lowest BCUT2D eigenvalue weighted by Crippen LogP contribution is -2.64. The van der Waals surface area contributed by atoms with Gasteiger partial charge >= 0.3 is 0 Å². The van der Waals surface area contributed by atoms with Crippen LogP contribution in [0.5, 0.6) is 0 Å². The summed E-state index contributed by atoms with van der Waals surface area (Å²) in [4.78, 5) is 8.96. The highest BCUT2D eigenvalue weighted by atomic mass is 30.1. The second-order valence-corrected chi connectivity index (χ2v) is 32.5. The van der Waals surface area contributed by atoms with Gasteiger partial charge in [0.15, 0.2) is 9.28 Å². The Bertz CT molecular complexity index is 94.9. The van der Waals surface area contributed by atoms with Crippen molar-refractivity contribution in [3.8, 4) is 0 Å². The highest BCUT2D eigenvalue weighted by Gasteiger charge is 2.36. The molecule has 8 radical (unpaired) electrons. The molecule has 0 aliphatic heterocycles. The van der Waals surface area contributed by atoms with Crippen molar-refractivity contribution in [2.75, 3.05) is 0 Å². The van der Waals surface area contributed by atoms with Gasteiger partial charge in [0.05, 0.1) is 0 Å². The van der Waals surface area contributed by atoms with Crippen molar-refractivity contribution in [1.82, 2.24) is 0 Å². The first-order valence-corrected chi connectivity index (χ1v) is 14.2. The summed E-state index contributed by atoms with van der Waals surface area (Å²) in [5, 5.41) is 0. The Labute approximate surface area is 67.2 Å². The van der Waals surface area contributed by atoms with Gasteiger partial charge in [0, 0.05) is 33.3 Å². The molecule has 0 rings (SSSR count). The first kappa shape index (κ1) is 10.0. The van der Waals surface area contributed by atoms with Gasteiger partial charge in [-0.1, -0.05) is 19.6 Å². The molecule has 0 aromatic carbocycles. The monoisotopic (exact) mass is 202 g/mol. The maximum atomic E-state index is 8.96. The zero-order chi connectivity index (χ0) is 7.71. The van der Waals surface area contributed by atoms with Crippen molar-refractivity contribution in [3.63, 3.8) is 0 Å². The molecule has 0 bridgehead atoms. The van der Waals surface area contributed by atoms with Crippen LogP contribution < -0.4 is 0 Å². The summed E-state index contributed by atoms with van der Waals surface area (Å²) in [5.74, 6) is 0. The summed E-state index contributed by atoms with van der Waals surface area (Å²) < 4.78 is 0. The molecule has 0 fully saturated rings. The number of hydrogen-bond acceptors (Lipinski definition) is 1. The van der Waals surface area contributed by atoms with Gasteiger partial charge in [-0.15, -0.1) is 0 Å². The second-order valence-electron chi connectivity index (χ2n) is 3.11. The molecule has 1 N–H and O–H groups in total. The summed E-state index contributed by atoms with van der Waals surface area (Å²) in [6.45, 7) is 6.76. The van der Waals surface area contributed by atoms with Gasteiger partial charge in [-0.2, -0.15) is 0 Å². The lowest BCUT2D eigenvalue weighted by molar-refractivity contribution is 0.620. The van der Waals surface area contributed by atoms with E-state index in [0.29, 0.717) is 0 Å². The van der Waals surface area contributed by atoms with E-state index in [-0.39, 0.29) is 9.28 Å². The Morgan fingerprint density at radius 2 is 1.56 bits per heavy atom. The molecule has 0 aliphatic carbocycles. The van der Waals surface area contributed by atoms with E-state index >= 15 is 0 Å². The fourth-order valence-corrected chi connectivity index (χ4v) is 4.53. The van der Waals surface area contributed by atoms with E-state index in [4.69, 9.17) is 4.80 Å². The lowest BCUT2D eigenvalue weighted by Gasteiger charge is -2.31. The molecular formula is C3H10OSi5. The van der Waals surface area contributed by atoms with Crippen LogP contribution in [-0.2, 0) is 0 Å². The van der Waals surface area contributed by atoms with Gasteiger partial charge in [0.1, 0.15) is 0 Å². The SMILES string of the molecule is C[Si](C)(C)[Si]([Si])([Si])[Si]O. The molecule has 0 aliphatic rings. The van der Waals surface area contributed by atoms with E-state index in [1.807, 2.05) is 0 Å². The summed E-state index contributed by atoms with van der Waals surface area (Å²) in [5.41, 5.74) is 0. The summed E-state index contributed by atoms with van der Waals surface area (Å²) in [6, 6.07) is 0. The summed E-state index contributed by atoms with van der Waals surface area (Å²) in [6.07, 6.45) is -1.55. The molecule has 0 amide bonds. The zero-order valence-corrected chi connectivity index (χ0v) is 10.9. The van der Waals surface area contributed by atoms with Gasteiger partial charge in [0.25, 0.3) is 0 Å². The Hall–Kier alpha value is 1.04. The molecule has 0 spiro atoms. The van der Waals surface area contributed by atoms with E-state index in [0.717, 1.165) is 0 Å². The van der Waals surface area contributed by atoms with Gasteiger partial charge < -0.3 is 4.80 Å². The molecule has 0 heterocycles. The van der Waals surface area contributed by atoms with Crippen LogP contribution >= 0.6 is 0 Å². The smallest absolute Gasteiger partial charge is 0.197 e. The largest absolute Gasteiger partial charge is 0.436 e. The zero-order valence-electron chi connectivity index (χ0n) is 5.95. The fourth-order valence-electron chi connectivity index (χ4n) is 0.168. The second kappa shape index (κ2) is 2.97. The Morgan fingerprint density at radius 1 is 1.22 bits per heavy atom. The molecule has 0 unspecified atom stereocenters. The molecule has 0 saturated carbocycles. The number of rotatable bonds is 2. The molecule has 0 atom stereocenters. The maximum Gasteiger partial charge on any atom is 0.197 e. The minimum Gasteiger partial charge on any atom is -0.436 e. The highest BCUT2D eigenvalue weighted by Crippen LogP contribution is 2.09. The predicted molar refractivity (Wildman–Crippen MR) is 48.6 cm³/mol. The Balaban J connectivity index is 4.14. The predicted octanol–water partition coefficient (Wildman–Crippen LogP) is -0.710. The highest BCUT2D eigenvalue weighted by molar-refractivity contribution is 7.87. The first-order chi connectivity index (χ1) is 3.81. The van der Waals surface area contributed by atoms with Crippen LogP contribution in [0.15, 0.2) is 0 Å². The van der Waals surface area contributed by atoms with Crippen molar-refractivity contribution < 1.29 is 4.80 Å². The standard InChI is InChI=1S/C3H10OSi5/c1-8(2,3)9(5,6)7-4/h4H,1-3H3. The van der Waals surface area contributed by atoms with E-state index in [9.17, 15) is 0 Å². The molecule has 48 valence electrons. The van der Waals surface area contributed by atoms with Gasteiger partial charge in [-0.25, -0.2) is 0 Å². The van der Waals surface area contributed by atoms with Crippen LogP contribution in [0.1, 0.15) is 0 Å². The topological polar surface area (TPSA) is 20.2 Å². The van der Waals surface area contributed by atoms with E-state index in [2.05, 4.69) is 39.2 Å². The maximum absolute atomic E-state index is 8.96. The molecule has 6 heteroatoms. The minimum atomic E-state index is -1.55. The van der Waals surface area contributed by atoms with Crippen molar-refractivity contribution in [2.24, 2.45) is 0 Å². The van der Waals surface area contributed by atoms with Crippen LogP contribution in [0.4, 0.5) is 0 Å². The van der Waals surface area contributed by atoms with E-state index in [1.165, 1.54) is 0 Å². The van der Waals surface area contributed by atoms with Gasteiger partial charge in [-0.05, 0) is 0 Å². The summed E-state index contributed by atoms with van der Waals surface area (Å²) >= 11 is 0. The molecular weight excluding hydrogens is 192 g/mol. The first-order valence-electron chi connectivity index (χ1n) is 2.72. The molecule has 1 nitrogen and oxygen atoms in total. The van der Waals surface area contributed by atoms with Crippen molar-refractivity contribution >= 4 is 42.5 Å². The Morgan fingerprint density at radius 3 is 1.56 bits per heavy atom. The third-order valence-corrected chi connectivity index (χ3v) is 34.9. The Kier molecular flexibility index (Phi) is 3.31. The molecule has 9 heavy (non-hydrogen) atoms. The van der Waals surface area contributed by atoms with Crippen LogP contribution in [-0.4, -0.2) is 47.3 Å². The van der Waals surface area contributed by atoms with Crippen molar-refractivity contribution in [2.45, 2.75) is 19.6 Å². The summed E-state index contributed by atoms with van der Waals surface area (Å²) in [7, 11) is 6.16. The third kappa shape index (κ3) is 2.64. The average molecular weight is 203 g/mol. The normalized spacial score (nSPS) is 14.0. The minimum absolute atomic E-state index is 0.0637. The van der Waals surface area contributed by atoms with Crippen LogP contribution in [0.3, 0.4) is 0 Å². The van der Waals surface area contributed by atoms with Crippen molar-refractivity contribution in [1.29, 1.82) is 0 Å². The van der Waals surface area contributed by atoms with Gasteiger partial charge in [0.2, 0.25) is 0 Å². The van der Waals surface area contributed by atoms with Gasteiger partial charge in [-0.3, -0.25) is 0 Å². The molecule has 0 aromatic rings. The number of hydrogen-bond donors (Lipinski definition) is 1. The lowest BCUT2D eigenvalue weighted by atomic mass is 11.8. The fraction of sp³-hybridized carbons (Fsp3) is 1.00. The van der Waals surface area contributed by atoms with Crippen molar-refractivity contribution in [3.05, 3.63) is 0 Å². The molecule has 0 aromatic heterocycles. The third-order valence-electron chi connectivity index (χ3n) is 1.29. The van der Waals surface area contributed by atoms with Crippen LogP contribution in [0.25, 0.3) is 0 Å². The average Bonchev–Trinajstić information content (AvgIpc) is 1.64. The van der Waals surface area contributed by atoms with E-state index < -0.39 is 13.7 Å².